The van der Waals surface area contributed by atoms with E-state index in [4.69, 9.17) is 18.6 Å². The summed E-state index contributed by atoms with van der Waals surface area (Å²) < 4.78 is 37.6. The number of esters is 1. The van der Waals surface area contributed by atoms with Crippen molar-refractivity contribution in [3.05, 3.63) is 60.7 Å². The van der Waals surface area contributed by atoms with Gasteiger partial charge in [-0.2, -0.15) is 0 Å². The van der Waals surface area contributed by atoms with E-state index in [9.17, 15) is 9.18 Å². The van der Waals surface area contributed by atoms with Gasteiger partial charge < -0.3 is 18.6 Å². The van der Waals surface area contributed by atoms with Crippen molar-refractivity contribution in [3.63, 3.8) is 0 Å². The van der Waals surface area contributed by atoms with Gasteiger partial charge in [-0.15, -0.1) is 0 Å². The van der Waals surface area contributed by atoms with Gasteiger partial charge in [0.1, 0.15) is 35.1 Å². The van der Waals surface area contributed by atoms with Crippen LogP contribution in [0.3, 0.4) is 0 Å². The summed E-state index contributed by atoms with van der Waals surface area (Å²) in [4.78, 5) is 22.6. The molecule has 0 N–H and O–H groups in total. The molecule has 0 amide bonds. The lowest BCUT2D eigenvalue weighted by Crippen LogP contribution is -2.41. The number of carbonyl (C=O) groups is 1. The van der Waals surface area contributed by atoms with Crippen LogP contribution in [-0.4, -0.2) is 60.8 Å². The van der Waals surface area contributed by atoms with Crippen molar-refractivity contribution in [3.8, 4) is 34.1 Å². The number of hydrogen-bond acceptors (Lipinski definition) is 8. The molecule has 1 atom stereocenters. The van der Waals surface area contributed by atoms with Crippen LogP contribution in [0.2, 0.25) is 0 Å². The number of piperidine rings is 1. The Morgan fingerprint density at radius 2 is 1.95 bits per heavy atom. The van der Waals surface area contributed by atoms with E-state index in [0.717, 1.165) is 37.9 Å². The van der Waals surface area contributed by atoms with Gasteiger partial charge in [-0.25, -0.2) is 14.4 Å². The molecule has 8 nitrogen and oxygen atoms in total. The molecule has 3 heterocycles. The quantitative estimate of drug-likeness (QED) is 0.268. The Bertz CT molecular complexity index is 1410. The highest BCUT2D eigenvalue weighted by molar-refractivity contribution is 6.03. The first-order chi connectivity index (χ1) is 18.6. The number of aromatic nitrogens is 2. The van der Waals surface area contributed by atoms with Crippen molar-refractivity contribution in [2.45, 2.75) is 31.8 Å². The minimum absolute atomic E-state index is 0.101. The van der Waals surface area contributed by atoms with E-state index < -0.39 is 5.82 Å². The molecule has 0 spiro atoms. The van der Waals surface area contributed by atoms with E-state index in [0.29, 0.717) is 52.6 Å². The zero-order valence-electron chi connectivity index (χ0n) is 21.5. The standard InChI is InChI=1S/C29H30FN3O5/c1-35-20-13-11-19(12-14-20)25-26-28(37-21-7-5-15-33(17-21)16-6-10-24(34)36-2)31-18-32-29(26)38-27(25)22-8-3-4-9-23(22)30/h3-4,8-9,11-14,18,21H,5-7,10,15-17H2,1-2H3/t21-/m1/s1. The number of fused-ring (bicyclic) bond motifs is 1. The van der Waals surface area contributed by atoms with Gasteiger partial charge in [0, 0.05) is 18.5 Å². The Morgan fingerprint density at radius 1 is 1.13 bits per heavy atom. The van der Waals surface area contributed by atoms with Gasteiger partial charge in [0.05, 0.1) is 19.8 Å². The van der Waals surface area contributed by atoms with Crippen molar-refractivity contribution in [2.75, 3.05) is 33.9 Å². The molecule has 0 radical (unpaired) electrons. The smallest absolute Gasteiger partial charge is 0.305 e. The van der Waals surface area contributed by atoms with Gasteiger partial charge >= 0.3 is 5.97 Å². The minimum atomic E-state index is -0.397. The number of halogens is 1. The third-order valence-corrected chi connectivity index (χ3v) is 6.77. The highest BCUT2D eigenvalue weighted by Gasteiger charge is 2.27. The van der Waals surface area contributed by atoms with Gasteiger partial charge in [-0.3, -0.25) is 9.69 Å². The molecule has 4 aromatic rings. The van der Waals surface area contributed by atoms with Gasteiger partial charge in [0.15, 0.2) is 0 Å². The molecule has 1 aliphatic rings. The number of rotatable bonds is 9. The van der Waals surface area contributed by atoms with Gasteiger partial charge in [-0.1, -0.05) is 24.3 Å². The average molecular weight is 520 g/mol. The lowest BCUT2D eigenvalue weighted by Gasteiger charge is -2.32. The molecule has 198 valence electrons. The van der Waals surface area contributed by atoms with Crippen LogP contribution in [-0.2, 0) is 9.53 Å². The number of hydrogen-bond donors (Lipinski definition) is 0. The zero-order chi connectivity index (χ0) is 26.5. The maximum absolute atomic E-state index is 14.9. The number of nitrogens with zero attached hydrogens (tertiary/aromatic N) is 3. The Balaban J connectivity index is 1.50. The van der Waals surface area contributed by atoms with Gasteiger partial charge in [-0.05, 0) is 62.2 Å². The minimum Gasteiger partial charge on any atom is -0.497 e. The summed E-state index contributed by atoms with van der Waals surface area (Å²) in [6.07, 6.45) is 4.26. The third-order valence-electron chi connectivity index (χ3n) is 6.77. The summed E-state index contributed by atoms with van der Waals surface area (Å²) in [6, 6.07) is 14.0. The summed E-state index contributed by atoms with van der Waals surface area (Å²) in [5, 5.41) is 0.596. The largest absolute Gasteiger partial charge is 0.497 e. The lowest BCUT2D eigenvalue weighted by atomic mass is 9.99. The van der Waals surface area contributed by atoms with Crippen LogP contribution in [0.4, 0.5) is 4.39 Å². The molecule has 9 heteroatoms. The molecule has 0 aliphatic carbocycles. The van der Waals surface area contributed by atoms with Crippen LogP contribution >= 0.6 is 0 Å². The van der Waals surface area contributed by atoms with Gasteiger partial charge in [0.2, 0.25) is 11.6 Å². The summed E-state index contributed by atoms with van der Waals surface area (Å²) in [5.74, 6) is 0.868. The topological polar surface area (TPSA) is 86.9 Å². The Kier molecular flexibility index (Phi) is 7.83. The third kappa shape index (κ3) is 5.47. The van der Waals surface area contributed by atoms with Crippen molar-refractivity contribution in [2.24, 2.45) is 0 Å². The van der Waals surface area contributed by atoms with Crippen molar-refractivity contribution < 1.29 is 27.8 Å². The van der Waals surface area contributed by atoms with Crippen molar-refractivity contribution in [1.29, 1.82) is 0 Å². The highest BCUT2D eigenvalue weighted by atomic mass is 19.1. The highest BCUT2D eigenvalue weighted by Crippen LogP contribution is 2.44. The molecule has 0 unspecified atom stereocenters. The molecule has 1 fully saturated rings. The predicted octanol–water partition coefficient (Wildman–Crippen LogP) is 5.50. The van der Waals surface area contributed by atoms with E-state index in [-0.39, 0.29) is 12.1 Å². The molecule has 0 saturated carbocycles. The van der Waals surface area contributed by atoms with Crippen molar-refractivity contribution in [1.82, 2.24) is 14.9 Å². The predicted molar refractivity (Wildman–Crippen MR) is 141 cm³/mol. The molecule has 38 heavy (non-hydrogen) atoms. The van der Waals surface area contributed by atoms with Crippen LogP contribution in [0.1, 0.15) is 25.7 Å². The summed E-state index contributed by atoms with van der Waals surface area (Å²) in [7, 11) is 3.01. The first-order valence-electron chi connectivity index (χ1n) is 12.7. The first kappa shape index (κ1) is 25.7. The summed E-state index contributed by atoms with van der Waals surface area (Å²) in [6.45, 7) is 2.44. The molecule has 1 aliphatic heterocycles. The number of likely N-dealkylation sites (tertiary alicyclic amines) is 1. The van der Waals surface area contributed by atoms with E-state index in [1.165, 1.54) is 19.5 Å². The maximum atomic E-state index is 14.9. The normalized spacial score (nSPS) is 15.9. The summed E-state index contributed by atoms with van der Waals surface area (Å²) >= 11 is 0. The van der Waals surface area contributed by atoms with Crippen LogP contribution in [0.5, 0.6) is 11.6 Å². The fraction of sp³-hybridized carbons (Fsp3) is 0.345. The van der Waals surface area contributed by atoms with Crippen LogP contribution in [0.15, 0.2) is 59.3 Å². The van der Waals surface area contributed by atoms with E-state index in [2.05, 4.69) is 14.9 Å². The molecular weight excluding hydrogens is 489 g/mol. The molecule has 0 bridgehead atoms. The molecule has 2 aromatic heterocycles. The van der Waals surface area contributed by atoms with Crippen LogP contribution in [0, 0.1) is 5.82 Å². The van der Waals surface area contributed by atoms with E-state index in [1.807, 2.05) is 24.3 Å². The SMILES string of the molecule is COC(=O)CCCN1CCC[C@@H](Oc2ncnc3oc(-c4ccccc4F)c(-c4ccc(OC)cc4)c23)C1. The maximum Gasteiger partial charge on any atom is 0.305 e. The molecule has 2 aromatic carbocycles. The number of ether oxygens (including phenoxy) is 3. The fourth-order valence-corrected chi connectivity index (χ4v) is 4.88. The lowest BCUT2D eigenvalue weighted by molar-refractivity contribution is -0.140. The Labute approximate surface area is 220 Å². The van der Waals surface area contributed by atoms with Crippen LogP contribution < -0.4 is 9.47 Å². The molecule has 5 rings (SSSR count). The van der Waals surface area contributed by atoms with E-state index in [1.54, 1.807) is 25.3 Å². The summed E-state index contributed by atoms with van der Waals surface area (Å²) in [5.41, 5.74) is 2.12. The second-order valence-electron chi connectivity index (χ2n) is 9.24. The van der Waals surface area contributed by atoms with Gasteiger partial charge in [0.25, 0.3) is 0 Å². The second kappa shape index (κ2) is 11.6. The Hall–Kier alpha value is -3.98. The number of benzene rings is 2. The monoisotopic (exact) mass is 519 g/mol. The van der Waals surface area contributed by atoms with Crippen LogP contribution in [0.25, 0.3) is 33.6 Å². The van der Waals surface area contributed by atoms with Crippen molar-refractivity contribution >= 4 is 17.1 Å². The number of carbonyl (C=O) groups excluding carboxylic acids is 1. The Morgan fingerprint density at radius 3 is 2.71 bits per heavy atom. The zero-order valence-corrected chi connectivity index (χ0v) is 21.5. The average Bonchev–Trinajstić information content (AvgIpc) is 3.34. The fourth-order valence-electron chi connectivity index (χ4n) is 4.88. The second-order valence-corrected chi connectivity index (χ2v) is 9.24. The number of methoxy groups -OCH3 is 2. The van der Waals surface area contributed by atoms with E-state index >= 15 is 0 Å². The number of furan rings is 1. The molecule has 1 saturated heterocycles. The molecular formula is C29H30FN3O5. The first-order valence-corrected chi connectivity index (χ1v) is 12.7.